The van der Waals surface area contributed by atoms with E-state index >= 15 is 0 Å². The van der Waals surface area contributed by atoms with Gasteiger partial charge >= 0.3 is 0 Å². The zero-order valence-electron chi connectivity index (χ0n) is 17.1. The summed E-state index contributed by atoms with van der Waals surface area (Å²) in [7, 11) is 0. The molecule has 1 aromatic rings. The maximum atomic E-state index is 12.2. The average molecular weight is 523 g/mol. The van der Waals surface area contributed by atoms with Crippen LogP contribution in [0, 0.1) is 5.41 Å². The van der Waals surface area contributed by atoms with Crippen LogP contribution in [0.2, 0.25) is 5.02 Å². The van der Waals surface area contributed by atoms with Crippen LogP contribution >= 0.6 is 35.6 Å². The lowest BCUT2D eigenvalue weighted by Gasteiger charge is -2.23. The molecule has 0 bridgehead atoms. The molecule has 0 aromatic carbocycles. The first-order chi connectivity index (χ1) is 12.9. The highest BCUT2D eigenvalue weighted by Crippen LogP contribution is 2.25. The predicted molar refractivity (Wildman–Crippen MR) is 127 cm³/mol. The fraction of sp³-hybridized carbons (Fsp3) is 0.632. The van der Waals surface area contributed by atoms with Gasteiger partial charge in [0.15, 0.2) is 5.96 Å². The second kappa shape index (κ2) is 11.6. The Bertz CT molecular complexity index is 670. The van der Waals surface area contributed by atoms with Crippen LogP contribution in [0.15, 0.2) is 23.3 Å². The van der Waals surface area contributed by atoms with Gasteiger partial charge in [-0.05, 0) is 46.2 Å². The summed E-state index contributed by atoms with van der Waals surface area (Å²) in [4.78, 5) is 23.4. The van der Waals surface area contributed by atoms with Gasteiger partial charge in [-0.3, -0.25) is 9.79 Å². The quantitative estimate of drug-likeness (QED) is 0.291. The normalized spacial score (nSPS) is 17.1. The molecule has 2 rings (SSSR count). The Balaban J connectivity index is 0.00000392. The number of anilines is 1. The maximum absolute atomic E-state index is 12.2. The van der Waals surface area contributed by atoms with Crippen molar-refractivity contribution < 1.29 is 4.79 Å². The first kappa shape index (κ1) is 24.7. The lowest BCUT2D eigenvalue weighted by Crippen LogP contribution is -2.46. The van der Waals surface area contributed by atoms with Gasteiger partial charge in [-0.25, -0.2) is 4.98 Å². The van der Waals surface area contributed by atoms with Crippen molar-refractivity contribution in [2.45, 2.75) is 40.2 Å². The van der Waals surface area contributed by atoms with Crippen LogP contribution in [0.5, 0.6) is 0 Å². The topological polar surface area (TPSA) is 81.6 Å². The van der Waals surface area contributed by atoms with Gasteiger partial charge < -0.3 is 20.9 Å². The molecule has 9 heteroatoms. The zero-order valence-corrected chi connectivity index (χ0v) is 20.2. The van der Waals surface area contributed by atoms with Gasteiger partial charge in [0.05, 0.1) is 17.0 Å². The van der Waals surface area contributed by atoms with Gasteiger partial charge in [-0.1, -0.05) is 11.6 Å². The summed E-state index contributed by atoms with van der Waals surface area (Å²) in [5, 5.41) is 10.3. The summed E-state index contributed by atoms with van der Waals surface area (Å²) in [5.41, 5.74) is -0.554. The van der Waals surface area contributed by atoms with E-state index in [1.165, 1.54) is 0 Å². The number of amides is 1. The van der Waals surface area contributed by atoms with E-state index < -0.39 is 5.41 Å². The molecule has 0 saturated carbocycles. The van der Waals surface area contributed by atoms with Crippen LogP contribution in [-0.2, 0) is 4.79 Å². The van der Waals surface area contributed by atoms with E-state index in [1.807, 2.05) is 39.8 Å². The van der Waals surface area contributed by atoms with Crippen LogP contribution in [0.3, 0.4) is 0 Å². The SMILES string of the molecule is CCNC(=O)C(C)(C)CN=C(NCC)NC1CCN(c2ncccc2Cl)C1.I. The number of rotatable bonds is 7. The number of pyridine rings is 1. The Morgan fingerprint density at radius 3 is 2.71 bits per heavy atom. The first-order valence-electron chi connectivity index (χ1n) is 9.56. The number of nitrogens with zero attached hydrogens (tertiary/aromatic N) is 3. The molecule has 0 radical (unpaired) electrons. The molecule has 1 aromatic heterocycles. The van der Waals surface area contributed by atoms with E-state index in [9.17, 15) is 4.79 Å². The molecular formula is C19H32ClIN6O. The molecule has 1 fully saturated rings. The van der Waals surface area contributed by atoms with Crippen molar-refractivity contribution in [2.24, 2.45) is 10.4 Å². The number of carbonyl (C=O) groups is 1. The third-order valence-electron chi connectivity index (χ3n) is 4.50. The smallest absolute Gasteiger partial charge is 0.227 e. The monoisotopic (exact) mass is 522 g/mol. The largest absolute Gasteiger partial charge is 0.357 e. The maximum Gasteiger partial charge on any atom is 0.227 e. The number of hydrogen-bond donors (Lipinski definition) is 3. The minimum absolute atomic E-state index is 0. The first-order valence-corrected chi connectivity index (χ1v) is 9.93. The number of aliphatic imine (C=N–C) groups is 1. The number of halogens is 2. The molecule has 28 heavy (non-hydrogen) atoms. The highest BCUT2D eigenvalue weighted by atomic mass is 127. The van der Waals surface area contributed by atoms with Crippen molar-refractivity contribution in [1.82, 2.24) is 20.9 Å². The Morgan fingerprint density at radius 2 is 2.07 bits per heavy atom. The van der Waals surface area contributed by atoms with Crippen molar-refractivity contribution in [2.75, 3.05) is 37.6 Å². The molecule has 0 aliphatic carbocycles. The summed E-state index contributed by atoms with van der Waals surface area (Å²) < 4.78 is 0. The highest BCUT2D eigenvalue weighted by Gasteiger charge is 2.28. The number of nitrogens with one attached hydrogen (secondary N) is 3. The van der Waals surface area contributed by atoms with Crippen LogP contribution in [0.25, 0.3) is 0 Å². The highest BCUT2D eigenvalue weighted by molar-refractivity contribution is 14.0. The average Bonchev–Trinajstić information content (AvgIpc) is 3.09. The molecule has 0 spiro atoms. The van der Waals surface area contributed by atoms with E-state index in [4.69, 9.17) is 11.6 Å². The molecule has 1 atom stereocenters. The molecular weight excluding hydrogens is 491 g/mol. The Hall–Kier alpha value is -1.29. The Morgan fingerprint density at radius 1 is 1.36 bits per heavy atom. The lowest BCUT2D eigenvalue weighted by molar-refractivity contribution is -0.128. The standard InChI is InChI=1S/C19H31ClN6O.HI/c1-5-21-17(27)19(3,4)13-24-18(22-6-2)25-14-9-11-26(12-14)16-15(20)8-7-10-23-16;/h7-8,10,14H,5-6,9,11-13H2,1-4H3,(H,21,27)(H2,22,24,25);1H. The molecule has 1 saturated heterocycles. The molecule has 1 unspecified atom stereocenters. The van der Waals surface area contributed by atoms with Crippen molar-refractivity contribution in [3.63, 3.8) is 0 Å². The second-order valence-electron chi connectivity index (χ2n) is 7.32. The van der Waals surface area contributed by atoms with Gasteiger partial charge in [-0.15, -0.1) is 24.0 Å². The van der Waals surface area contributed by atoms with Crippen molar-refractivity contribution in [1.29, 1.82) is 0 Å². The minimum atomic E-state index is -0.554. The third kappa shape index (κ3) is 6.95. The van der Waals surface area contributed by atoms with Crippen LogP contribution in [0.1, 0.15) is 34.1 Å². The molecule has 7 nitrogen and oxygen atoms in total. The van der Waals surface area contributed by atoms with Gasteiger partial charge in [0.25, 0.3) is 0 Å². The molecule has 1 aliphatic heterocycles. The summed E-state index contributed by atoms with van der Waals surface area (Å²) in [5.74, 6) is 1.57. The van der Waals surface area contributed by atoms with E-state index in [0.29, 0.717) is 18.1 Å². The molecule has 158 valence electrons. The summed E-state index contributed by atoms with van der Waals surface area (Å²) >= 11 is 6.26. The molecule has 1 aliphatic rings. The molecule has 3 N–H and O–H groups in total. The third-order valence-corrected chi connectivity index (χ3v) is 4.79. The van der Waals surface area contributed by atoms with Crippen molar-refractivity contribution >= 4 is 53.3 Å². The van der Waals surface area contributed by atoms with E-state index in [2.05, 4.69) is 30.8 Å². The summed E-state index contributed by atoms with van der Waals surface area (Å²) in [6.07, 6.45) is 2.73. The second-order valence-corrected chi connectivity index (χ2v) is 7.73. The van der Waals surface area contributed by atoms with Crippen LogP contribution in [0.4, 0.5) is 5.82 Å². The van der Waals surface area contributed by atoms with E-state index in [-0.39, 0.29) is 35.9 Å². The Kier molecular flexibility index (Phi) is 10.3. The molecule has 1 amide bonds. The summed E-state index contributed by atoms with van der Waals surface area (Å²) in [6, 6.07) is 3.94. The number of aromatic nitrogens is 1. The minimum Gasteiger partial charge on any atom is -0.357 e. The number of hydrogen-bond acceptors (Lipinski definition) is 4. The van der Waals surface area contributed by atoms with Gasteiger partial charge in [0.2, 0.25) is 5.91 Å². The van der Waals surface area contributed by atoms with E-state index in [0.717, 1.165) is 37.8 Å². The molecule has 2 heterocycles. The zero-order chi connectivity index (χ0) is 19.9. The fourth-order valence-electron chi connectivity index (χ4n) is 2.94. The number of carbonyl (C=O) groups excluding carboxylic acids is 1. The van der Waals surface area contributed by atoms with Gasteiger partial charge in [0, 0.05) is 38.4 Å². The Labute approximate surface area is 190 Å². The van der Waals surface area contributed by atoms with E-state index in [1.54, 1.807) is 6.20 Å². The van der Waals surface area contributed by atoms with Gasteiger partial charge in [-0.2, -0.15) is 0 Å². The fourth-order valence-corrected chi connectivity index (χ4v) is 3.18. The van der Waals surface area contributed by atoms with Crippen molar-refractivity contribution in [3.05, 3.63) is 23.4 Å². The predicted octanol–water partition coefficient (Wildman–Crippen LogP) is 2.65. The number of guanidine groups is 1. The lowest BCUT2D eigenvalue weighted by atomic mass is 9.92. The van der Waals surface area contributed by atoms with Gasteiger partial charge in [0.1, 0.15) is 5.82 Å². The summed E-state index contributed by atoms with van der Waals surface area (Å²) in [6.45, 7) is 11.3. The van der Waals surface area contributed by atoms with Crippen LogP contribution < -0.4 is 20.9 Å². The van der Waals surface area contributed by atoms with Crippen molar-refractivity contribution in [3.8, 4) is 0 Å². The van der Waals surface area contributed by atoms with Crippen LogP contribution in [-0.4, -0.2) is 55.6 Å².